The van der Waals surface area contributed by atoms with E-state index in [9.17, 15) is 4.79 Å². The fourth-order valence-corrected chi connectivity index (χ4v) is 1.63. The van der Waals surface area contributed by atoms with Gasteiger partial charge in [0.1, 0.15) is 0 Å². The summed E-state index contributed by atoms with van der Waals surface area (Å²) in [7, 11) is 0. The Morgan fingerprint density at radius 1 is 1.62 bits per heavy atom. The smallest absolute Gasteiger partial charge is 0.220 e. The van der Waals surface area contributed by atoms with Crippen LogP contribution < -0.4 is 5.32 Å². The highest BCUT2D eigenvalue weighted by molar-refractivity contribution is 6.17. The highest BCUT2D eigenvalue weighted by Crippen LogP contribution is 2.01. The average molecular weight is 241 g/mol. The van der Waals surface area contributed by atoms with Crippen LogP contribution >= 0.6 is 11.6 Å². The highest BCUT2D eigenvalue weighted by Gasteiger charge is 2.07. The minimum Gasteiger partial charge on any atom is -0.353 e. The van der Waals surface area contributed by atoms with E-state index in [0.29, 0.717) is 12.3 Å². The molecule has 0 aliphatic rings. The highest BCUT2D eigenvalue weighted by atomic mass is 35.5. The van der Waals surface area contributed by atoms with E-state index in [1.165, 1.54) is 0 Å². The van der Waals surface area contributed by atoms with E-state index in [1.807, 2.05) is 25.3 Å². The van der Waals surface area contributed by atoms with Gasteiger partial charge in [-0.2, -0.15) is 0 Å². The van der Waals surface area contributed by atoms with E-state index in [-0.39, 0.29) is 11.9 Å². The normalized spacial score (nSPS) is 12.1. The van der Waals surface area contributed by atoms with Crippen LogP contribution in [0.2, 0.25) is 0 Å². The zero-order valence-electron chi connectivity index (χ0n) is 9.45. The Labute approximate surface area is 101 Å². The van der Waals surface area contributed by atoms with Crippen molar-refractivity contribution in [1.29, 1.82) is 0 Å². The molecule has 1 heterocycles. The Kier molecular flexibility index (Phi) is 5.86. The second-order valence-corrected chi connectivity index (χ2v) is 4.20. The van der Waals surface area contributed by atoms with Gasteiger partial charge < -0.3 is 5.32 Å². The molecular formula is C12H17ClN2O. The Hall–Kier alpha value is -1.09. The van der Waals surface area contributed by atoms with Crippen molar-refractivity contribution < 1.29 is 4.79 Å². The molecular weight excluding hydrogens is 224 g/mol. The molecule has 0 saturated heterocycles. The number of pyridine rings is 1. The molecule has 1 atom stereocenters. The summed E-state index contributed by atoms with van der Waals surface area (Å²) in [6.07, 6.45) is 5.60. The lowest BCUT2D eigenvalue weighted by molar-refractivity contribution is -0.121. The van der Waals surface area contributed by atoms with Gasteiger partial charge in [0.25, 0.3) is 0 Å². The Morgan fingerprint density at radius 2 is 2.44 bits per heavy atom. The minimum absolute atomic E-state index is 0.0667. The number of halogens is 1. The Bertz CT molecular complexity index is 316. The van der Waals surface area contributed by atoms with Crippen LogP contribution in [0.3, 0.4) is 0 Å². The molecule has 1 unspecified atom stereocenters. The van der Waals surface area contributed by atoms with Gasteiger partial charge in [-0.1, -0.05) is 6.07 Å². The van der Waals surface area contributed by atoms with Gasteiger partial charge >= 0.3 is 0 Å². The van der Waals surface area contributed by atoms with Crippen molar-refractivity contribution in [3.05, 3.63) is 30.1 Å². The summed E-state index contributed by atoms with van der Waals surface area (Å²) in [6, 6.07) is 4.04. The molecule has 0 radical (unpaired) electrons. The summed E-state index contributed by atoms with van der Waals surface area (Å²) in [4.78, 5) is 15.5. The van der Waals surface area contributed by atoms with Crippen molar-refractivity contribution in [3.63, 3.8) is 0 Å². The topological polar surface area (TPSA) is 42.0 Å². The second-order valence-electron chi connectivity index (χ2n) is 3.83. The molecule has 1 amide bonds. The van der Waals surface area contributed by atoms with Crippen LogP contribution in [0.25, 0.3) is 0 Å². The summed E-state index contributed by atoms with van der Waals surface area (Å²) in [5.41, 5.74) is 1.13. The number of nitrogens with one attached hydrogen (secondary N) is 1. The van der Waals surface area contributed by atoms with Crippen LogP contribution in [0.15, 0.2) is 24.5 Å². The van der Waals surface area contributed by atoms with E-state index in [2.05, 4.69) is 10.3 Å². The number of hydrogen-bond acceptors (Lipinski definition) is 2. The summed E-state index contributed by atoms with van der Waals surface area (Å²) in [5, 5.41) is 2.94. The first-order chi connectivity index (χ1) is 7.72. The average Bonchev–Trinajstić information content (AvgIpc) is 2.27. The maximum Gasteiger partial charge on any atom is 0.220 e. The number of rotatable bonds is 6. The van der Waals surface area contributed by atoms with Gasteiger partial charge in [0.15, 0.2) is 0 Å². The van der Waals surface area contributed by atoms with Gasteiger partial charge in [0.05, 0.1) is 0 Å². The first-order valence-corrected chi connectivity index (χ1v) is 6.00. The van der Waals surface area contributed by atoms with Crippen LogP contribution in [-0.4, -0.2) is 22.8 Å². The van der Waals surface area contributed by atoms with Gasteiger partial charge in [-0.25, -0.2) is 0 Å². The van der Waals surface area contributed by atoms with Crippen LogP contribution in [0.5, 0.6) is 0 Å². The van der Waals surface area contributed by atoms with Gasteiger partial charge in [0, 0.05) is 30.7 Å². The maximum absolute atomic E-state index is 11.4. The van der Waals surface area contributed by atoms with Crippen LogP contribution in [0.1, 0.15) is 25.3 Å². The van der Waals surface area contributed by atoms with E-state index < -0.39 is 0 Å². The van der Waals surface area contributed by atoms with Crippen LogP contribution in [-0.2, 0) is 11.2 Å². The molecule has 16 heavy (non-hydrogen) atoms. The summed E-state index contributed by atoms with van der Waals surface area (Å²) in [5.74, 6) is 0.599. The first kappa shape index (κ1) is 13.0. The largest absolute Gasteiger partial charge is 0.353 e. The monoisotopic (exact) mass is 240 g/mol. The molecule has 4 heteroatoms. The number of alkyl halides is 1. The van der Waals surface area contributed by atoms with Crippen LogP contribution in [0.4, 0.5) is 0 Å². The number of carbonyl (C=O) groups excluding carboxylic acids is 1. The second kappa shape index (κ2) is 7.23. The van der Waals surface area contributed by atoms with Gasteiger partial charge in [-0.05, 0) is 31.4 Å². The fourth-order valence-electron chi connectivity index (χ4n) is 1.50. The summed E-state index contributed by atoms with van der Waals surface area (Å²) >= 11 is 5.52. The number of amides is 1. The SMILES string of the molecule is CC(Cc1cccnc1)NC(=O)CCCCl. The Morgan fingerprint density at radius 3 is 3.06 bits per heavy atom. The van der Waals surface area contributed by atoms with Crippen molar-refractivity contribution >= 4 is 17.5 Å². The van der Waals surface area contributed by atoms with E-state index in [1.54, 1.807) is 6.20 Å². The minimum atomic E-state index is 0.0667. The van der Waals surface area contributed by atoms with Crippen molar-refractivity contribution in [1.82, 2.24) is 10.3 Å². The predicted octanol–water partition coefficient (Wildman–Crippen LogP) is 2.15. The molecule has 0 aliphatic carbocycles. The van der Waals surface area contributed by atoms with Gasteiger partial charge in [-0.15, -0.1) is 11.6 Å². The zero-order chi connectivity index (χ0) is 11.8. The molecule has 1 aromatic heterocycles. The molecule has 0 aromatic carbocycles. The summed E-state index contributed by atoms with van der Waals surface area (Å²) < 4.78 is 0. The third-order valence-electron chi connectivity index (χ3n) is 2.21. The molecule has 1 N–H and O–H groups in total. The molecule has 1 aromatic rings. The van der Waals surface area contributed by atoms with E-state index in [4.69, 9.17) is 11.6 Å². The lowest BCUT2D eigenvalue weighted by Gasteiger charge is -2.13. The van der Waals surface area contributed by atoms with Crippen molar-refractivity contribution in [3.8, 4) is 0 Å². The predicted molar refractivity (Wildman–Crippen MR) is 65.5 cm³/mol. The van der Waals surface area contributed by atoms with Crippen LogP contribution in [0, 0.1) is 0 Å². The third-order valence-corrected chi connectivity index (χ3v) is 2.48. The van der Waals surface area contributed by atoms with Crippen molar-refractivity contribution in [2.24, 2.45) is 0 Å². The molecule has 0 spiro atoms. The van der Waals surface area contributed by atoms with E-state index in [0.717, 1.165) is 18.4 Å². The molecule has 88 valence electrons. The molecule has 0 saturated carbocycles. The third kappa shape index (κ3) is 5.12. The molecule has 3 nitrogen and oxygen atoms in total. The fraction of sp³-hybridized carbons (Fsp3) is 0.500. The number of nitrogens with zero attached hydrogens (tertiary/aromatic N) is 1. The number of hydrogen-bond donors (Lipinski definition) is 1. The zero-order valence-corrected chi connectivity index (χ0v) is 10.2. The molecule has 0 bridgehead atoms. The number of aromatic nitrogens is 1. The standard InChI is InChI=1S/C12H17ClN2O/c1-10(15-12(16)5-2-6-13)8-11-4-3-7-14-9-11/h3-4,7,9-10H,2,5-6,8H2,1H3,(H,15,16). The van der Waals surface area contributed by atoms with Gasteiger partial charge in [0.2, 0.25) is 5.91 Å². The van der Waals surface area contributed by atoms with Gasteiger partial charge in [-0.3, -0.25) is 9.78 Å². The lowest BCUT2D eigenvalue weighted by atomic mass is 10.1. The maximum atomic E-state index is 11.4. The quantitative estimate of drug-likeness (QED) is 0.775. The van der Waals surface area contributed by atoms with Crippen molar-refractivity contribution in [2.75, 3.05) is 5.88 Å². The first-order valence-electron chi connectivity index (χ1n) is 5.46. The van der Waals surface area contributed by atoms with E-state index >= 15 is 0 Å². The molecule has 0 aliphatic heterocycles. The Balaban J connectivity index is 2.30. The van der Waals surface area contributed by atoms with Crippen molar-refractivity contribution in [2.45, 2.75) is 32.2 Å². The lowest BCUT2D eigenvalue weighted by Crippen LogP contribution is -2.33. The number of carbonyl (C=O) groups is 1. The molecule has 1 rings (SSSR count). The molecule has 0 fully saturated rings. The summed E-state index contributed by atoms with van der Waals surface area (Å²) in [6.45, 7) is 1.99.